The van der Waals surface area contributed by atoms with E-state index < -0.39 is 12.2 Å². The SMILES string of the molecule is COC1CC2(CCN(C(=O)c3ccc4c(c3)OC(C[C@@H](O)[C@@H]3Cc5ccccc5CN3)CNC4=O)CC2)C1. The predicted octanol–water partition coefficient (Wildman–Crippen LogP) is 2.67. The average Bonchev–Trinajstić information content (AvgIpc) is 3.08. The minimum atomic E-state index is -0.637. The number of hydrogen-bond donors (Lipinski definition) is 3. The number of aliphatic hydroxyl groups excluding tert-OH is 1. The van der Waals surface area contributed by atoms with Crippen molar-refractivity contribution in [1.82, 2.24) is 15.5 Å². The van der Waals surface area contributed by atoms with E-state index in [9.17, 15) is 14.7 Å². The lowest BCUT2D eigenvalue weighted by atomic mass is 9.61. The fourth-order valence-electron chi connectivity index (χ4n) is 6.63. The molecule has 202 valence electrons. The minimum absolute atomic E-state index is 0.0276. The highest BCUT2D eigenvalue weighted by Gasteiger charge is 2.46. The molecule has 0 aromatic heterocycles. The number of nitrogens with one attached hydrogen (secondary N) is 2. The standard InChI is InChI=1S/C30H37N3O5/c1-37-23-15-30(16-23)8-10-33(11-9-30)29(36)20-6-7-24-27(13-20)38-22(18-32-28(24)35)14-26(34)25-12-19-4-2-3-5-21(19)17-31-25/h2-7,13,22-23,25-26,31,34H,8-12,14-18H2,1H3,(H,32,35)/t22?,25-,26+/m0/s1. The largest absolute Gasteiger partial charge is 0.488 e. The van der Waals surface area contributed by atoms with Crippen molar-refractivity contribution in [1.29, 1.82) is 0 Å². The number of carbonyl (C=O) groups excluding carboxylic acids is 2. The van der Waals surface area contributed by atoms with E-state index in [1.807, 2.05) is 17.0 Å². The van der Waals surface area contributed by atoms with Crippen molar-refractivity contribution >= 4 is 11.8 Å². The first kappa shape index (κ1) is 25.3. The van der Waals surface area contributed by atoms with Crippen LogP contribution in [0.3, 0.4) is 0 Å². The zero-order valence-corrected chi connectivity index (χ0v) is 21.9. The molecule has 8 heteroatoms. The Hall–Kier alpha value is -2.94. The van der Waals surface area contributed by atoms with Crippen LogP contribution < -0.4 is 15.4 Å². The lowest BCUT2D eigenvalue weighted by Crippen LogP contribution is -2.50. The minimum Gasteiger partial charge on any atom is -0.488 e. The van der Waals surface area contributed by atoms with Gasteiger partial charge in [-0.2, -0.15) is 0 Å². The summed E-state index contributed by atoms with van der Waals surface area (Å²) in [5.41, 5.74) is 3.79. The monoisotopic (exact) mass is 519 g/mol. The molecule has 3 atom stereocenters. The van der Waals surface area contributed by atoms with Crippen molar-refractivity contribution in [3.05, 3.63) is 64.7 Å². The topological polar surface area (TPSA) is 100 Å². The van der Waals surface area contributed by atoms with Crippen LogP contribution in [0.15, 0.2) is 42.5 Å². The molecule has 1 spiro atoms. The molecule has 2 amide bonds. The van der Waals surface area contributed by atoms with E-state index >= 15 is 0 Å². The van der Waals surface area contributed by atoms with Crippen LogP contribution in [0.2, 0.25) is 0 Å². The van der Waals surface area contributed by atoms with Gasteiger partial charge >= 0.3 is 0 Å². The Morgan fingerprint density at radius 2 is 1.95 bits per heavy atom. The molecular formula is C30H37N3O5. The van der Waals surface area contributed by atoms with Crippen molar-refractivity contribution in [2.75, 3.05) is 26.7 Å². The zero-order valence-electron chi connectivity index (χ0n) is 21.9. The van der Waals surface area contributed by atoms with E-state index in [0.717, 1.165) is 51.7 Å². The number of benzene rings is 2. The highest BCUT2D eigenvalue weighted by atomic mass is 16.5. The predicted molar refractivity (Wildman–Crippen MR) is 142 cm³/mol. The number of amides is 2. The molecule has 1 unspecified atom stereocenters. The third-order valence-electron chi connectivity index (χ3n) is 9.10. The van der Waals surface area contributed by atoms with Gasteiger partial charge in [-0.15, -0.1) is 0 Å². The number of aliphatic hydroxyl groups is 1. The van der Waals surface area contributed by atoms with Gasteiger partial charge in [0.05, 0.1) is 24.3 Å². The number of likely N-dealkylation sites (tertiary alicyclic amines) is 1. The number of piperidine rings is 1. The van der Waals surface area contributed by atoms with Gasteiger partial charge in [-0.1, -0.05) is 24.3 Å². The van der Waals surface area contributed by atoms with Gasteiger partial charge in [0.25, 0.3) is 11.8 Å². The molecule has 2 aromatic carbocycles. The second kappa shape index (κ2) is 10.3. The summed E-state index contributed by atoms with van der Waals surface area (Å²) >= 11 is 0. The van der Waals surface area contributed by atoms with Crippen molar-refractivity contribution in [2.24, 2.45) is 5.41 Å². The van der Waals surface area contributed by atoms with E-state index in [0.29, 0.717) is 41.4 Å². The molecule has 3 heterocycles. The Morgan fingerprint density at radius 1 is 1.18 bits per heavy atom. The van der Waals surface area contributed by atoms with Crippen LogP contribution in [0.25, 0.3) is 0 Å². The van der Waals surface area contributed by atoms with Gasteiger partial charge in [-0.25, -0.2) is 0 Å². The van der Waals surface area contributed by atoms with Gasteiger partial charge in [-0.05, 0) is 66.8 Å². The smallest absolute Gasteiger partial charge is 0.255 e. The van der Waals surface area contributed by atoms with Gasteiger partial charge in [0.15, 0.2) is 0 Å². The second-order valence-corrected chi connectivity index (χ2v) is 11.5. The number of rotatable bonds is 5. The number of nitrogens with zero attached hydrogens (tertiary/aromatic N) is 1. The number of ether oxygens (including phenoxy) is 2. The molecule has 3 aliphatic heterocycles. The first-order valence-corrected chi connectivity index (χ1v) is 13.8. The Balaban J connectivity index is 1.10. The van der Waals surface area contributed by atoms with Crippen LogP contribution in [0, 0.1) is 5.41 Å². The summed E-state index contributed by atoms with van der Waals surface area (Å²) in [6.45, 7) is 2.49. The quantitative estimate of drug-likeness (QED) is 0.562. The van der Waals surface area contributed by atoms with Gasteiger partial charge in [-0.3, -0.25) is 9.59 Å². The van der Waals surface area contributed by atoms with Crippen LogP contribution in [0.5, 0.6) is 5.75 Å². The van der Waals surface area contributed by atoms with Crippen molar-refractivity contribution in [3.63, 3.8) is 0 Å². The Labute approximate surface area is 223 Å². The molecule has 2 fully saturated rings. The van der Waals surface area contributed by atoms with Crippen LogP contribution >= 0.6 is 0 Å². The molecule has 3 N–H and O–H groups in total. The summed E-state index contributed by atoms with van der Waals surface area (Å²) in [6.07, 6.45) is 4.62. The molecule has 1 saturated heterocycles. The van der Waals surface area contributed by atoms with Crippen molar-refractivity contribution < 1.29 is 24.2 Å². The molecule has 6 rings (SSSR count). The maximum atomic E-state index is 13.4. The van der Waals surface area contributed by atoms with E-state index in [4.69, 9.17) is 9.47 Å². The van der Waals surface area contributed by atoms with E-state index in [-0.39, 0.29) is 17.9 Å². The Kier molecular flexibility index (Phi) is 6.88. The highest BCUT2D eigenvalue weighted by molar-refractivity contribution is 6.00. The van der Waals surface area contributed by atoms with E-state index in [2.05, 4.69) is 22.8 Å². The average molecular weight is 520 g/mol. The summed E-state index contributed by atoms with van der Waals surface area (Å²) < 4.78 is 11.7. The fourth-order valence-corrected chi connectivity index (χ4v) is 6.63. The maximum absolute atomic E-state index is 13.4. The van der Waals surface area contributed by atoms with Gasteiger partial charge in [0.2, 0.25) is 0 Å². The van der Waals surface area contributed by atoms with Crippen molar-refractivity contribution in [2.45, 2.75) is 69.4 Å². The van der Waals surface area contributed by atoms with Crippen molar-refractivity contribution in [3.8, 4) is 5.75 Å². The molecule has 1 saturated carbocycles. The molecular weight excluding hydrogens is 482 g/mol. The van der Waals surface area contributed by atoms with Crippen LogP contribution in [-0.2, 0) is 17.7 Å². The third kappa shape index (κ3) is 4.93. The highest BCUT2D eigenvalue weighted by Crippen LogP contribution is 2.50. The molecule has 0 radical (unpaired) electrons. The maximum Gasteiger partial charge on any atom is 0.255 e. The lowest BCUT2D eigenvalue weighted by Gasteiger charge is -2.51. The molecule has 1 aliphatic carbocycles. The summed E-state index contributed by atoms with van der Waals surface area (Å²) in [6, 6.07) is 13.3. The summed E-state index contributed by atoms with van der Waals surface area (Å²) in [4.78, 5) is 28.0. The molecule has 0 bridgehead atoms. The third-order valence-corrected chi connectivity index (χ3v) is 9.10. The van der Waals surface area contributed by atoms with E-state index in [1.54, 1.807) is 25.3 Å². The number of hydrogen-bond acceptors (Lipinski definition) is 6. The summed E-state index contributed by atoms with van der Waals surface area (Å²) in [5.74, 6) is 0.152. The normalized spacial score (nSPS) is 25.3. The number of fused-ring (bicyclic) bond motifs is 2. The zero-order chi connectivity index (χ0) is 26.3. The summed E-state index contributed by atoms with van der Waals surface area (Å²) in [5, 5.41) is 17.4. The number of methoxy groups -OCH3 is 1. The molecule has 4 aliphatic rings. The molecule has 38 heavy (non-hydrogen) atoms. The molecule has 8 nitrogen and oxygen atoms in total. The Bertz CT molecular complexity index is 1200. The first-order valence-electron chi connectivity index (χ1n) is 13.8. The van der Waals surface area contributed by atoms with Gasteiger partial charge < -0.3 is 30.1 Å². The second-order valence-electron chi connectivity index (χ2n) is 11.5. The van der Waals surface area contributed by atoms with Crippen LogP contribution in [-0.4, -0.2) is 72.9 Å². The lowest BCUT2D eigenvalue weighted by molar-refractivity contribution is -0.0841. The fraction of sp³-hybridized carbons (Fsp3) is 0.533. The van der Waals surface area contributed by atoms with Crippen LogP contribution in [0.1, 0.15) is 63.9 Å². The van der Waals surface area contributed by atoms with Crippen LogP contribution in [0.4, 0.5) is 0 Å². The molecule has 2 aromatic rings. The Morgan fingerprint density at radius 3 is 2.71 bits per heavy atom. The first-order chi connectivity index (χ1) is 18.4. The van der Waals surface area contributed by atoms with Gasteiger partial charge in [0, 0.05) is 44.8 Å². The van der Waals surface area contributed by atoms with Gasteiger partial charge in [0.1, 0.15) is 11.9 Å². The summed E-state index contributed by atoms with van der Waals surface area (Å²) in [7, 11) is 1.77. The van der Waals surface area contributed by atoms with E-state index in [1.165, 1.54) is 11.1 Å². The number of carbonyl (C=O) groups is 2.